The number of aliphatic hydroxyl groups excluding tert-OH is 1. The summed E-state index contributed by atoms with van der Waals surface area (Å²) in [7, 11) is 0. The van der Waals surface area contributed by atoms with Crippen LogP contribution in [0.3, 0.4) is 0 Å². The van der Waals surface area contributed by atoms with Crippen molar-refractivity contribution in [3.63, 3.8) is 0 Å². The Bertz CT molecular complexity index is 1620. The van der Waals surface area contributed by atoms with E-state index in [0.717, 1.165) is 49.7 Å². The van der Waals surface area contributed by atoms with E-state index in [0.29, 0.717) is 24.7 Å². The normalized spacial score (nSPS) is 11.6. The van der Waals surface area contributed by atoms with Crippen LogP contribution in [-0.4, -0.2) is 15.9 Å². The number of benzene rings is 3. The van der Waals surface area contributed by atoms with Crippen LogP contribution in [0.15, 0.2) is 77.0 Å². The molecule has 0 atom stereocenters. The number of carbonyl (C=O) groups excluding carboxylic acids is 1. The molecule has 2 aromatic heterocycles. The van der Waals surface area contributed by atoms with E-state index in [1.807, 2.05) is 52.1 Å². The van der Waals surface area contributed by atoms with Gasteiger partial charge < -0.3 is 14.5 Å². The number of aliphatic hydroxyl groups is 1. The van der Waals surface area contributed by atoms with E-state index in [2.05, 4.69) is 61.3 Å². The fraction of sp³-hybridized carbons (Fsp3) is 0.294. The smallest absolute Gasteiger partial charge is 0.159 e. The average molecular weight is 699 g/mol. The van der Waals surface area contributed by atoms with Gasteiger partial charge in [-0.1, -0.05) is 88.0 Å². The van der Waals surface area contributed by atoms with Gasteiger partial charge in [0.1, 0.15) is 5.58 Å². The second-order valence-electron chi connectivity index (χ2n) is 10.8. The minimum absolute atomic E-state index is 0. The summed E-state index contributed by atoms with van der Waals surface area (Å²) in [6.45, 7) is 12.2. The Morgan fingerprint density at radius 2 is 1.62 bits per heavy atom. The number of ketones is 1. The van der Waals surface area contributed by atoms with Crippen molar-refractivity contribution >= 4 is 38.5 Å². The zero-order chi connectivity index (χ0) is 27.4. The van der Waals surface area contributed by atoms with Crippen molar-refractivity contribution in [1.82, 2.24) is 4.98 Å². The van der Waals surface area contributed by atoms with Crippen molar-refractivity contribution in [1.29, 1.82) is 0 Å². The maximum absolute atomic E-state index is 11.2. The fourth-order valence-electron chi connectivity index (χ4n) is 4.72. The van der Waals surface area contributed by atoms with Gasteiger partial charge in [0.05, 0.1) is 11.3 Å². The molecule has 2 heterocycles. The van der Waals surface area contributed by atoms with Crippen LogP contribution in [0.25, 0.3) is 44.0 Å². The number of para-hydroxylation sites is 1. The topological polar surface area (TPSA) is 63.3 Å². The van der Waals surface area contributed by atoms with Crippen LogP contribution in [0.5, 0.6) is 0 Å². The SMILES string of the molecule is CC(C)CC(=O)/C=C(\O)CC(C)C.Cc1[c-]c(-c2nccc3ccccc23)c2oc3c(C)cccc3c2c1.[Ir]. The van der Waals surface area contributed by atoms with Crippen molar-refractivity contribution in [2.45, 2.75) is 54.4 Å². The molecule has 0 spiro atoms. The van der Waals surface area contributed by atoms with E-state index in [9.17, 15) is 9.90 Å². The summed E-state index contributed by atoms with van der Waals surface area (Å²) >= 11 is 0. The third-order valence-corrected chi connectivity index (χ3v) is 6.33. The summed E-state index contributed by atoms with van der Waals surface area (Å²) in [4.78, 5) is 15.9. The van der Waals surface area contributed by atoms with Gasteiger partial charge in [-0.25, -0.2) is 0 Å². The van der Waals surface area contributed by atoms with Crippen LogP contribution < -0.4 is 0 Å². The van der Waals surface area contributed by atoms with Crippen LogP contribution in [0.2, 0.25) is 0 Å². The van der Waals surface area contributed by atoms with Gasteiger partial charge in [0.15, 0.2) is 5.78 Å². The molecule has 0 bridgehead atoms. The molecule has 0 aliphatic carbocycles. The number of nitrogens with zero attached hydrogens (tertiary/aromatic N) is 1. The van der Waals surface area contributed by atoms with E-state index in [1.165, 1.54) is 11.5 Å². The molecular weight excluding hydrogens is 663 g/mol. The van der Waals surface area contributed by atoms with Crippen LogP contribution in [-0.2, 0) is 24.9 Å². The summed E-state index contributed by atoms with van der Waals surface area (Å²) in [5.74, 6) is 0.979. The standard InChI is InChI=1S/C23H16NO.C11H20O2.Ir/c1-14-12-19-18-9-5-6-15(2)22(18)25-23(19)20(13-14)21-17-8-4-3-7-16(17)10-11-24-21;1-8(2)5-10(12)7-11(13)6-9(3)4;/h3-12H,1-2H3;7-9,12H,5-6H2,1-4H3;/q-1;;/b;10-7-;. The van der Waals surface area contributed by atoms with Gasteiger partial charge in [0.2, 0.25) is 0 Å². The van der Waals surface area contributed by atoms with Crippen LogP contribution >= 0.6 is 0 Å². The zero-order valence-corrected chi connectivity index (χ0v) is 25.9. The molecular formula is C34H36IrNO3-. The number of furan rings is 1. The molecule has 5 rings (SSSR count). The Kier molecular flexibility index (Phi) is 10.2. The van der Waals surface area contributed by atoms with Gasteiger partial charge in [0, 0.05) is 50.6 Å². The van der Waals surface area contributed by atoms with Gasteiger partial charge in [-0.3, -0.25) is 4.79 Å². The summed E-state index contributed by atoms with van der Waals surface area (Å²) in [5, 5.41) is 13.9. The molecule has 0 aliphatic heterocycles. The van der Waals surface area contributed by atoms with Gasteiger partial charge in [-0.2, -0.15) is 0 Å². The number of aromatic nitrogens is 1. The Labute approximate surface area is 244 Å². The molecule has 1 N–H and O–H groups in total. The van der Waals surface area contributed by atoms with Crippen LogP contribution in [0, 0.1) is 31.7 Å². The number of aryl methyl sites for hydroxylation is 2. The van der Waals surface area contributed by atoms with E-state index >= 15 is 0 Å². The number of hydrogen-bond acceptors (Lipinski definition) is 4. The van der Waals surface area contributed by atoms with Gasteiger partial charge in [-0.15, -0.1) is 17.7 Å². The monoisotopic (exact) mass is 699 g/mol. The third kappa shape index (κ3) is 7.23. The molecule has 205 valence electrons. The van der Waals surface area contributed by atoms with Gasteiger partial charge in [-0.05, 0) is 46.9 Å². The van der Waals surface area contributed by atoms with Gasteiger partial charge >= 0.3 is 0 Å². The Balaban J connectivity index is 0.000000260. The first-order valence-corrected chi connectivity index (χ1v) is 13.2. The molecule has 0 amide bonds. The molecule has 0 fully saturated rings. The zero-order valence-electron chi connectivity index (χ0n) is 23.5. The Morgan fingerprint density at radius 3 is 2.33 bits per heavy atom. The van der Waals surface area contributed by atoms with Crippen LogP contribution in [0.1, 0.15) is 51.7 Å². The molecule has 5 heteroatoms. The maximum Gasteiger partial charge on any atom is 0.159 e. The number of hydrogen-bond donors (Lipinski definition) is 1. The quantitative estimate of drug-likeness (QED) is 0.109. The molecule has 3 aromatic carbocycles. The molecule has 1 radical (unpaired) electrons. The molecule has 0 saturated heterocycles. The molecule has 0 unspecified atom stereocenters. The van der Waals surface area contributed by atoms with E-state index in [4.69, 9.17) is 4.42 Å². The van der Waals surface area contributed by atoms with E-state index in [-0.39, 0.29) is 31.6 Å². The summed E-state index contributed by atoms with van der Waals surface area (Å²) in [6, 6.07) is 22.2. The third-order valence-electron chi connectivity index (χ3n) is 6.33. The minimum atomic E-state index is 0. The van der Waals surface area contributed by atoms with Crippen molar-refractivity contribution < 1.29 is 34.4 Å². The van der Waals surface area contributed by atoms with E-state index < -0.39 is 0 Å². The molecule has 4 nitrogen and oxygen atoms in total. The maximum atomic E-state index is 11.2. The van der Waals surface area contributed by atoms with Crippen molar-refractivity contribution in [2.24, 2.45) is 11.8 Å². The van der Waals surface area contributed by atoms with Crippen molar-refractivity contribution in [2.75, 3.05) is 0 Å². The van der Waals surface area contributed by atoms with Crippen molar-refractivity contribution in [3.8, 4) is 11.3 Å². The number of rotatable bonds is 6. The number of fused-ring (bicyclic) bond motifs is 4. The summed E-state index contributed by atoms with van der Waals surface area (Å²) < 4.78 is 6.30. The number of allylic oxidation sites excluding steroid dienone is 2. The van der Waals surface area contributed by atoms with E-state index in [1.54, 1.807) is 0 Å². The largest absolute Gasteiger partial charge is 0.512 e. The number of carbonyl (C=O) groups is 1. The first-order chi connectivity index (χ1) is 18.1. The number of pyridine rings is 1. The first kappa shape index (κ1) is 30.3. The molecule has 0 saturated carbocycles. The minimum Gasteiger partial charge on any atom is -0.512 e. The predicted molar refractivity (Wildman–Crippen MR) is 157 cm³/mol. The van der Waals surface area contributed by atoms with Crippen LogP contribution in [0.4, 0.5) is 0 Å². The second-order valence-corrected chi connectivity index (χ2v) is 10.8. The molecule has 0 aliphatic rings. The summed E-state index contributed by atoms with van der Waals surface area (Å²) in [5.41, 5.74) is 5.88. The van der Waals surface area contributed by atoms with Crippen molar-refractivity contribution in [3.05, 3.63) is 89.8 Å². The Morgan fingerprint density at radius 1 is 0.923 bits per heavy atom. The first-order valence-electron chi connectivity index (χ1n) is 13.2. The molecule has 5 aromatic rings. The average Bonchev–Trinajstić information content (AvgIpc) is 3.22. The molecule has 39 heavy (non-hydrogen) atoms. The fourth-order valence-corrected chi connectivity index (χ4v) is 4.72. The van der Waals surface area contributed by atoms with Gasteiger partial charge in [0.25, 0.3) is 0 Å². The predicted octanol–water partition coefficient (Wildman–Crippen LogP) is 9.31. The Hall–Kier alpha value is -3.27. The second kappa shape index (κ2) is 13.2. The summed E-state index contributed by atoms with van der Waals surface area (Å²) in [6.07, 6.45) is 4.32.